The van der Waals surface area contributed by atoms with Gasteiger partial charge in [-0.3, -0.25) is 0 Å². The summed E-state index contributed by atoms with van der Waals surface area (Å²) < 4.78 is 11.1. The highest BCUT2D eigenvalue weighted by atomic mass is 16.5. The first-order valence-corrected chi connectivity index (χ1v) is 16.2. The van der Waals surface area contributed by atoms with Crippen molar-refractivity contribution >= 4 is 35.8 Å². The van der Waals surface area contributed by atoms with Gasteiger partial charge < -0.3 is 29.9 Å². The lowest BCUT2D eigenvalue weighted by molar-refractivity contribution is 0.0650. The predicted octanol–water partition coefficient (Wildman–Crippen LogP) is 7.19. The maximum atomic E-state index is 12.9. The molecule has 0 spiro atoms. The van der Waals surface area contributed by atoms with Crippen molar-refractivity contribution < 1.29 is 58.7 Å². The molecule has 0 heterocycles. The second-order valence-corrected chi connectivity index (χ2v) is 12.2. The van der Waals surface area contributed by atoms with E-state index < -0.39 is 63.5 Å². The Morgan fingerprint density at radius 3 is 1.25 bits per heavy atom. The molecule has 4 N–H and O–H groups in total. The second-order valence-electron chi connectivity index (χ2n) is 12.2. The van der Waals surface area contributed by atoms with Gasteiger partial charge in [0, 0.05) is 5.41 Å². The third kappa shape index (κ3) is 7.49. The van der Waals surface area contributed by atoms with Gasteiger partial charge in [-0.15, -0.1) is 0 Å². The van der Waals surface area contributed by atoms with Gasteiger partial charge in [0.15, 0.2) is 0 Å². The van der Waals surface area contributed by atoms with Gasteiger partial charge in [-0.1, -0.05) is 50.5 Å². The molecule has 0 unspecified atom stereocenters. The lowest BCUT2D eigenvalue weighted by atomic mass is 9.60. The van der Waals surface area contributed by atoms with Crippen molar-refractivity contribution in [3.8, 4) is 11.5 Å². The number of carboxylic acids is 4. The van der Waals surface area contributed by atoms with Crippen molar-refractivity contribution in [2.75, 3.05) is 0 Å². The first kappa shape index (κ1) is 36.0. The molecule has 0 aromatic heterocycles. The highest BCUT2D eigenvalue weighted by Gasteiger charge is 2.41. The molecule has 0 atom stereocenters. The van der Waals surface area contributed by atoms with E-state index in [0.717, 1.165) is 73.9 Å². The first-order chi connectivity index (χ1) is 24.3. The number of esters is 2. The number of aromatic carboxylic acids is 4. The van der Waals surface area contributed by atoms with Crippen LogP contribution in [0.1, 0.15) is 119 Å². The molecule has 1 fully saturated rings. The van der Waals surface area contributed by atoms with Gasteiger partial charge >= 0.3 is 35.8 Å². The lowest BCUT2D eigenvalue weighted by Crippen LogP contribution is -2.37. The maximum Gasteiger partial charge on any atom is 0.343 e. The SMILES string of the molecule is CCC(c1ccc(OC(=O)c2ccc(C(=O)O)c(C(=O)O)c2)cc1)(c1ccc(OC(=O)c2ccc(C(=O)O)c(C(=O)O)c2)cc1)C1CCCCC1. The fourth-order valence-electron chi connectivity index (χ4n) is 6.97. The van der Waals surface area contributed by atoms with Crippen molar-refractivity contribution in [2.45, 2.75) is 50.9 Å². The summed E-state index contributed by atoms with van der Waals surface area (Å²) in [6, 6.07) is 20.6. The van der Waals surface area contributed by atoms with Crippen LogP contribution in [0.25, 0.3) is 0 Å². The quantitative estimate of drug-likeness (QED) is 0.0860. The average molecular weight is 695 g/mol. The van der Waals surface area contributed by atoms with Gasteiger partial charge in [0.05, 0.1) is 33.4 Å². The van der Waals surface area contributed by atoms with Gasteiger partial charge in [0.2, 0.25) is 0 Å². The molecule has 12 heteroatoms. The van der Waals surface area contributed by atoms with Gasteiger partial charge in [0.25, 0.3) is 0 Å². The molecule has 4 aromatic rings. The Morgan fingerprint density at radius 1 is 0.549 bits per heavy atom. The van der Waals surface area contributed by atoms with Crippen molar-refractivity contribution in [2.24, 2.45) is 5.92 Å². The zero-order valence-electron chi connectivity index (χ0n) is 27.5. The van der Waals surface area contributed by atoms with Crippen LogP contribution in [0.4, 0.5) is 0 Å². The van der Waals surface area contributed by atoms with E-state index in [4.69, 9.17) is 9.47 Å². The van der Waals surface area contributed by atoms with Crippen LogP contribution in [0.2, 0.25) is 0 Å². The summed E-state index contributed by atoms with van der Waals surface area (Å²) in [5.41, 5.74) is -0.716. The molecular formula is C39H34O12. The number of hydrogen-bond donors (Lipinski definition) is 4. The summed E-state index contributed by atoms with van der Waals surface area (Å²) in [5, 5.41) is 37.4. The molecule has 51 heavy (non-hydrogen) atoms. The Kier molecular flexibility index (Phi) is 10.6. The van der Waals surface area contributed by atoms with Crippen molar-refractivity contribution in [1.82, 2.24) is 0 Å². The number of rotatable bonds is 12. The summed E-state index contributed by atoms with van der Waals surface area (Å²) in [4.78, 5) is 71.8. The summed E-state index contributed by atoms with van der Waals surface area (Å²) >= 11 is 0. The molecule has 12 nitrogen and oxygen atoms in total. The van der Waals surface area contributed by atoms with E-state index in [-0.39, 0.29) is 28.5 Å². The molecule has 4 aromatic carbocycles. The fourth-order valence-corrected chi connectivity index (χ4v) is 6.97. The molecule has 1 aliphatic rings. The zero-order valence-corrected chi connectivity index (χ0v) is 27.5. The topological polar surface area (TPSA) is 202 Å². The van der Waals surface area contributed by atoms with E-state index in [2.05, 4.69) is 6.92 Å². The molecule has 1 aliphatic carbocycles. The van der Waals surface area contributed by atoms with Crippen LogP contribution in [-0.4, -0.2) is 56.2 Å². The number of carbonyl (C=O) groups is 6. The molecule has 0 saturated heterocycles. The van der Waals surface area contributed by atoms with Gasteiger partial charge in [0.1, 0.15) is 11.5 Å². The van der Waals surface area contributed by atoms with Gasteiger partial charge in [-0.25, -0.2) is 28.8 Å². The van der Waals surface area contributed by atoms with E-state index in [0.29, 0.717) is 0 Å². The molecule has 0 bridgehead atoms. The smallest absolute Gasteiger partial charge is 0.343 e. The monoisotopic (exact) mass is 694 g/mol. The number of carboxylic acid groups (broad SMARTS) is 4. The standard InChI is InChI=1S/C39H34O12/c1-2-39(24-6-4-3-5-7-24,25-10-14-27(15-11-25)50-37(48)22-8-18-29(33(40)41)31(20-22)35(44)45)26-12-16-28(17-13-26)51-38(49)23-9-19-30(34(42)43)32(21-23)36(46)47/h8-21,24H,2-7H2,1H3,(H,40,41)(H,42,43)(H,44,45)(H,46,47). The van der Waals surface area contributed by atoms with Crippen molar-refractivity contribution in [3.63, 3.8) is 0 Å². The van der Waals surface area contributed by atoms with Crippen LogP contribution in [0, 0.1) is 5.92 Å². The summed E-state index contributed by atoms with van der Waals surface area (Å²) in [7, 11) is 0. The van der Waals surface area contributed by atoms with E-state index in [9.17, 15) is 49.2 Å². The average Bonchev–Trinajstić information content (AvgIpc) is 3.13. The molecule has 5 rings (SSSR count). The third-order valence-electron chi connectivity index (χ3n) is 9.45. The Bertz CT molecular complexity index is 1870. The predicted molar refractivity (Wildman–Crippen MR) is 181 cm³/mol. The number of ether oxygens (including phenoxy) is 2. The minimum absolute atomic E-state index is 0.119. The van der Waals surface area contributed by atoms with E-state index in [1.54, 1.807) is 24.3 Å². The Morgan fingerprint density at radius 2 is 0.922 bits per heavy atom. The molecule has 0 amide bonds. The normalized spacial score (nSPS) is 13.2. The van der Waals surface area contributed by atoms with Crippen molar-refractivity contribution in [3.05, 3.63) is 129 Å². The highest BCUT2D eigenvalue weighted by molar-refractivity contribution is 6.05. The van der Waals surface area contributed by atoms with E-state index in [1.807, 2.05) is 24.3 Å². The summed E-state index contributed by atoms with van der Waals surface area (Å²) in [6.45, 7) is 2.10. The Balaban J connectivity index is 1.40. The van der Waals surface area contributed by atoms with Crippen molar-refractivity contribution in [1.29, 1.82) is 0 Å². The number of hydrogen-bond acceptors (Lipinski definition) is 8. The molecule has 1 saturated carbocycles. The minimum atomic E-state index is -1.49. The number of benzene rings is 4. The lowest BCUT2D eigenvalue weighted by Gasteiger charge is -2.43. The van der Waals surface area contributed by atoms with Crippen LogP contribution < -0.4 is 9.47 Å². The molecule has 0 aliphatic heterocycles. The van der Waals surface area contributed by atoms with Crippen LogP contribution in [0.15, 0.2) is 84.9 Å². The van der Waals surface area contributed by atoms with Crippen LogP contribution in [-0.2, 0) is 5.41 Å². The van der Waals surface area contributed by atoms with Crippen LogP contribution in [0.5, 0.6) is 11.5 Å². The largest absolute Gasteiger partial charge is 0.478 e. The summed E-state index contributed by atoms with van der Waals surface area (Å²) in [5.74, 6) is -6.86. The van der Waals surface area contributed by atoms with Crippen LogP contribution in [0.3, 0.4) is 0 Å². The minimum Gasteiger partial charge on any atom is -0.478 e. The van der Waals surface area contributed by atoms with Crippen LogP contribution >= 0.6 is 0 Å². The molecular weight excluding hydrogens is 660 g/mol. The molecule has 0 radical (unpaired) electrons. The zero-order chi connectivity index (χ0) is 36.9. The number of carbonyl (C=O) groups excluding carboxylic acids is 2. The maximum absolute atomic E-state index is 12.9. The fraction of sp³-hybridized carbons (Fsp3) is 0.231. The third-order valence-corrected chi connectivity index (χ3v) is 9.45. The highest BCUT2D eigenvalue weighted by Crippen LogP contribution is 2.48. The first-order valence-electron chi connectivity index (χ1n) is 16.2. The molecule has 262 valence electrons. The second kappa shape index (κ2) is 15.1. The van der Waals surface area contributed by atoms with Gasteiger partial charge in [-0.05, 0) is 97.0 Å². The van der Waals surface area contributed by atoms with E-state index in [1.165, 1.54) is 12.1 Å². The Hall–Kier alpha value is -6.30. The summed E-state index contributed by atoms with van der Waals surface area (Å²) in [6.07, 6.45) is 5.95. The van der Waals surface area contributed by atoms with Gasteiger partial charge in [-0.2, -0.15) is 0 Å². The van der Waals surface area contributed by atoms with E-state index >= 15 is 0 Å². The Labute approximate surface area is 291 Å².